The van der Waals surface area contributed by atoms with E-state index in [9.17, 15) is 8.42 Å². The van der Waals surface area contributed by atoms with E-state index in [1.54, 1.807) is 19.2 Å². The largest absolute Gasteiger partial charge is 0.493 e. The molecular formula is C24H32N2O5S. The summed E-state index contributed by atoms with van der Waals surface area (Å²) in [6.07, 6.45) is 5.11. The van der Waals surface area contributed by atoms with E-state index in [4.69, 9.17) is 14.3 Å². The van der Waals surface area contributed by atoms with Crippen LogP contribution in [0.1, 0.15) is 49.3 Å². The molecule has 1 saturated heterocycles. The Morgan fingerprint density at radius 1 is 1.06 bits per heavy atom. The van der Waals surface area contributed by atoms with Crippen molar-refractivity contribution in [3.8, 4) is 11.5 Å². The molecule has 32 heavy (non-hydrogen) atoms. The van der Waals surface area contributed by atoms with Gasteiger partial charge >= 0.3 is 0 Å². The second-order valence-corrected chi connectivity index (χ2v) is 10.4. The van der Waals surface area contributed by atoms with Gasteiger partial charge < -0.3 is 9.47 Å². The summed E-state index contributed by atoms with van der Waals surface area (Å²) in [7, 11) is -0.198. The second kappa shape index (κ2) is 10.2. The fraction of sp³-hybridized carbons (Fsp3) is 0.500. The molecule has 174 valence electrons. The molecule has 1 saturated carbocycles. The van der Waals surface area contributed by atoms with Gasteiger partial charge in [0, 0.05) is 13.1 Å². The molecule has 0 amide bonds. The minimum atomic E-state index is -3.55. The van der Waals surface area contributed by atoms with E-state index >= 15 is 0 Å². The zero-order valence-corrected chi connectivity index (χ0v) is 19.5. The summed E-state index contributed by atoms with van der Waals surface area (Å²) < 4.78 is 40.9. The molecule has 2 fully saturated rings. The number of hydroxylamine groups is 2. The Balaban J connectivity index is 1.52. The van der Waals surface area contributed by atoms with Gasteiger partial charge in [-0.2, -0.15) is 5.06 Å². The summed E-state index contributed by atoms with van der Waals surface area (Å²) in [6, 6.07) is 15.1. The topological polar surface area (TPSA) is 77.1 Å². The van der Waals surface area contributed by atoms with Crippen LogP contribution in [0.5, 0.6) is 11.5 Å². The molecule has 0 spiro atoms. The lowest BCUT2D eigenvalue weighted by Crippen LogP contribution is -2.44. The monoisotopic (exact) mass is 460 g/mol. The highest BCUT2D eigenvalue weighted by molar-refractivity contribution is 7.90. The molecule has 4 rings (SSSR count). The van der Waals surface area contributed by atoms with Crippen LogP contribution in [0.2, 0.25) is 0 Å². The van der Waals surface area contributed by atoms with E-state index in [0.717, 1.165) is 36.8 Å². The van der Waals surface area contributed by atoms with Crippen LogP contribution in [0, 0.1) is 0 Å². The van der Waals surface area contributed by atoms with Crippen molar-refractivity contribution in [1.29, 1.82) is 0 Å². The molecule has 1 aliphatic heterocycles. The Bertz CT molecular complexity index is 993. The fourth-order valence-electron chi connectivity index (χ4n) is 4.54. The molecule has 1 heterocycles. The van der Waals surface area contributed by atoms with Crippen LogP contribution in [0.3, 0.4) is 0 Å². The SMILES string of the molecule is COc1cc([C@H]2[C@@H](S(=O)(=O)NC3CCCCC3)CON2C)ccc1OCc1ccccc1. The molecule has 0 aromatic heterocycles. The summed E-state index contributed by atoms with van der Waals surface area (Å²) in [5, 5.41) is 0.930. The molecule has 7 nitrogen and oxygen atoms in total. The molecule has 2 aromatic carbocycles. The summed E-state index contributed by atoms with van der Waals surface area (Å²) in [6.45, 7) is 0.545. The first-order valence-electron chi connectivity index (χ1n) is 11.2. The van der Waals surface area contributed by atoms with Crippen LogP contribution in [-0.4, -0.2) is 45.5 Å². The standard InChI is InChI=1S/C24H32N2O5S/c1-26-24(23(17-31-26)32(27,28)25-20-11-7-4-8-12-20)19-13-14-21(22(15-19)29-2)30-16-18-9-5-3-6-10-18/h3,5-6,9-10,13-15,20,23-25H,4,7-8,11-12,16-17H2,1-2H3/t23-,24-/m0/s1. The predicted molar refractivity (Wildman–Crippen MR) is 123 cm³/mol. The number of nitrogens with zero attached hydrogens (tertiary/aromatic N) is 1. The van der Waals surface area contributed by atoms with Gasteiger partial charge in [-0.25, -0.2) is 13.1 Å². The molecule has 8 heteroatoms. The Labute approximate surface area is 190 Å². The van der Waals surface area contributed by atoms with Gasteiger partial charge in [0.05, 0.1) is 19.8 Å². The number of ether oxygens (including phenoxy) is 2. The molecule has 0 bridgehead atoms. The van der Waals surface area contributed by atoms with E-state index in [-0.39, 0.29) is 12.6 Å². The van der Waals surface area contributed by atoms with Gasteiger partial charge in [0.25, 0.3) is 0 Å². The van der Waals surface area contributed by atoms with Crippen molar-refractivity contribution in [3.05, 3.63) is 59.7 Å². The highest BCUT2D eigenvalue weighted by Crippen LogP contribution is 2.38. The van der Waals surface area contributed by atoms with Gasteiger partial charge in [0.15, 0.2) is 11.5 Å². The lowest BCUT2D eigenvalue weighted by molar-refractivity contribution is -0.110. The predicted octanol–water partition coefficient (Wildman–Crippen LogP) is 3.81. The molecule has 1 aliphatic carbocycles. The minimum Gasteiger partial charge on any atom is -0.493 e. The lowest BCUT2D eigenvalue weighted by atomic mass is 9.96. The second-order valence-electron chi connectivity index (χ2n) is 8.51. The number of sulfonamides is 1. The van der Waals surface area contributed by atoms with Gasteiger partial charge in [-0.15, -0.1) is 0 Å². The zero-order valence-electron chi connectivity index (χ0n) is 18.7. The third-order valence-corrected chi connectivity index (χ3v) is 8.14. The first-order chi connectivity index (χ1) is 15.5. The number of hydrogen-bond acceptors (Lipinski definition) is 6. The molecule has 2 aliphatic rings. The van der Waals surface area contributed by atoms with Crippen molar-refractivity contribution in [1.82, 2.24) is 9.79 Å². The number of nitrogens with one attached hydrogen (secondary N) is 1. The maximum Gasteiger partial charge on any atom is 0.219 e. The molecule has 1 N–H and O–H groups in total. The van der Waals surface area contributed by atoms with Gasteiger partial charge in [-0.05, 0) is 36.1 Å². The quantitative estimate of drug-likeness (QED) is 0.646. The van der Waals surface area contributed by atoms with E-state index in [1.165, 1.54) is 6.42 Å². The highest BCUT2D eigenvalue weighted by atomic mass is 32.2. The van der Waals surface area contributed by atoms with Gasteiger partial charge in [0.1, 0.15) is 11.9 Å². The minimum absolute atomic E-state index is 0.0172. The van der Waals surface area contributed by atoms with Crippen molar-refractivity contribution in [2.75, 3.05) is 20.8 Å². The lowest BCUT2D eigenvalue weighted by Gasteiger charge is -2.27. The highest BCUT2D eigenvalue weighted by Gasteiger charge is 2.44. The fourth-order valence-corrected chi connectivity index (χ4v) is 6.33. The third kappa shape index (κ3) is 5.26. The van der Waals surface area contributed by atoms with Crippen LogP contribution in [0.25, 0.3) is 0 Å². The average Bonchev–Trinajstić information content (AvgIpc) is 3.21. The Kier molecular flexibility index (Phi) is 7.35. The molecule has 0 unspecified atom stereocenters. The maximum atomic E-state index is 13.2. The number of methoxy groups -OCH3 is 1. The summed E-state index contributed by atoms with van der Waals surface area (Å²) in [5.41, 5.74) is 1.87. The average molecular weight is 461 g/mol. The number of rotatable bonds is 8. The first kappa shape index (κ1) is 23.0. The van der Waals surface area contributed by atoms with Crippen molar-refractivity contribution >= 4 is 10.0 Å². The van der Waals surface area contributed by atoms with Crippen molar-refractivity contribution in [2.24, 2.45) is 0 Å². The van der Waals surface area contributed by atoms with Crippen LogP contribution in [0.15, 0.2) is 48.5 Å². The number of hydrogen-bond donors (Lipinski definition) is 1. The maximum absolute atomic E-state index is 13.2. The molecule has 2 atom stereocenters. The van der Waals surface area contributed by atoms with Crippen LogP contribution in [-0.2, 0) is 21.5 Å². The zero-order chi connectivity index (χ0) is 22.6. The Morgan fingerprint density at radius 3 is 2.53 bits per heavy atom. The van der Waals surface area contributed by atoms with Gasteiger partial charge in [0.2, 0.25) is 10.0 Å². The van der Waals surface area contributed by atoms with Gasteiger partial charge in [-0.1, -0.05) is 55.7 Å². The van der Waals surface area contributed by atoms with E-state index < -0.39 is 21.3 Å². The van der Waals surface area contributed by atoms with E-state index in [2.05, 4.69) is 4.72 Å². The Hall–Kier alpha value is -2.13. The normalized spacial score (nSPS) is 22.7. The first-order valence-corrected chi connectivity index (χ1v) is 12.7. The van der Waals surface area contributed by atoms with E-state index in [1.807, 2.05) is 48.5 Å². The Morgan fingerprint density at radius 2 is 1.81 bits per heavy atom. The van der Waals surface area contributed by atoms with E-state index in [0.29, 0.717) is 18.1 Å². The van der Waals surface area contributed by atoms with Crippen molar-refractivity contribution < 1.29 is 22.7 Å². The van der Waals surface area contributed by atoms with Crippen LogP contribution < -0.4 is 14.2 Å². The molecular weight excluding hydrogens is 428 g/mol. The van der Waals surface area contributed by atoms with Crippen LogP contribution >= 0.6 is 0 Å². The van der Waals surface area contributed by atoms with Crippen LogP contribution in [0.4, 0.5) is 0 Å². The third-order valence-electron chi connectivity index (χ3n) is 6.29. The molecule has 2 aromatic rings. The van der Waals surface area contributed by atoms with Crippen molar-refractivity contribution in [2.45, 2.75) is 56.0 Å². The van der Waals surface area contributed by atoms with Gasteiger partial charge in [-0.3, -0.25) is 4.84 Å². The molecule has 0 radical (unpaired) electrons. The van der Waals surface area contributed by atoms with Crippen molar-refractivity contribution in [3.63, 3.8) is 0 Å². The smallest absolute Gasteiger partial charge is 0.219 e. The number of benzene rings is 2. The summed E-state index contributed by atoms with van der Waals surface area (Å²) >= 11 is 0. The summed E-state index contributed by atoms with van der Waals surface area (Å²) in [4.78, 5) is 5.66. The summed E-state index contributed by atoms with van der Waals surface area (Å²) in [5.74, 6) is 1.18.